The standard InChI is InChI=1S/C18H22N2O3/c1-13(2)18(3,12-16(21)22)19-17(23)14-7-6-8-15(11-14)20-9-4-5-10-20/h4-11,13H,12H2,1-3H3,(H,19,23)(H,21,22). The van der Waals surface area contributed by atoms with Gasteiger partial charge in [0.1, 0.15) is 0 Å². The summed E-state index contributed by atoms with van der Waals surface area (Å²) in [6, 6.07) is 11.1. The van der Waals surface area contributed by atoms with Crippen LogP contribution in [-0.4, -0.2) is 27.1 Å². The van der Waals surface area contributed by atoms with Gasteiger partial charge in [0.25, 0.3) is 5.91 Å². The van der Waals surface area contributed by atoms with E-state index < -0.39 is 11.5 Å². The number of benzene rings is 1. The SMILES string of the molecule is CC(C)C(C)(CC(=O)O)NC(=O)c1cccc(-n2cccc2)c1. The predicted octanol–water partition coefficient (Wildman–Crippen LogP) is 3.10. The molecule has 0 spiro atoms. The van der Waals surface area contributed by atoms with Crippen LogP contribution in [0.3, 0.4) is 0 Å². The van der Waals surface area contributed by atoms with Gasteiger partial charge in [-0.05, 0) is 43.2 Å². The minimum Gasteiger partial charge on any atom is -0.481 e. The van der Waals surface area contributed by atoms with Gasteiger partial charge < -0.3 is 15.0 Å². The van der Waals surface area contributed by atoms with Crippen LogP contribution >= 0.6 is 0 Å². The van der Waals surface area contributed by atoms with Gasteiger partial charge in [-0.3, -0.25) is 9.59 Å². The van der Waals surface area contributed by atoms with Crippen LogP contribution in [-0.2, 0) is 4.79 Å². The number of carboxylic acids is 1. The first-order valence-electron chi connectivity index (χ1n) is 7.59. The van der Waals surface area contributed by atoms with Crippen LogP contribution in [0.1, 0.15) is 37.6 Å². The molecule has 5 heteroatoms. The number of rotatable bonds is 6. The van der Waals surface area contributed by atoms with Gasteiger partial charge in [0.05, 0.1) is 12.0 Å². The highest BCUT2D eigenvalue weighted by Gasteiger charge is 2.33. The number of nitrogens with one attached hydrogen (secondary N) is 1. The molecule has 0 radical (unpaired) electrons. The van der Waals surface area contributed by atoms with Crippen LogP contribution < -0.4 is 5.32 Å². The fourth-order valence-corrected chi connectivity index (χ4v) is 2.35. The number of carbonyl (C=O) groups excluding carboxylic acids is 1. The van der Waals surface area contributed by atoms with Crippen molar-refractivity contribution in [3.63, 3.8) is 0 Å². The van der Waals surface area contributed by atoms with Crippen molar-refractivity contribution in [2.45, 2.75) is 32.7 Å². The predicted molar refractivity (Wildman–Crippen MR) is 88.7 cm³/mol. The van der Waals surface area contributed by atoms with Gasteiger partial charge in [0.2, 0.25) is 0 Å². The quantitative estimate of drug-likeness (QED) is 0.860. The zero-order valence-corrected chi connectivity index (χ0v) is 13.6. The lowest BCUT2D eigenvalue weighted by atomic mass is 9.85. The van der Waals surface area contributed by atoms with E-state index in [9.17, 15) is 9.59 Å². The topological polar surface area (TPSA) is 71.3 Å². The molecule has 1 atom stereocenters. The Kier molecular flexibility index (Phi) is 4.89. The van der Waals surface area contributed by atoms with Gasteiger partial charge in [-0.1, -0.05) is 19.9 Å². The van der Waals surface area contributed by atoms with Crippen molar-refractivity contribution >= 4 is 11.9 Å². The van der Waals surface area contributed by atoms with Crippen molar-refractivity contribution in [1.29, 1.82) is 0 Å². The number of carbonyl (C=O) groups is 2. The van der Waals surface area contributed by atoms with Crippen molar-refractivity contribution in [3.8, 4) is 5.69 Å². The first-order chi connectivity index (χ1) is 10.8. The number of hydrogen-bond acceptors (Lipinski definition) is 2. The second-order valence-corrected chi connectivity index (χ2v) is 6.24. The van der Waals surface area contributed by atoms with Crippen LogP contribution in [0.4, 0.5) is 0 Å². The first-order valence-corrected chi connectivity index (χ1v) is 7.59. The molecule has 2 rings (SSSR count). The highest BCUT2D eigenvalue weighted by molar-refractivity contribution is 5.95. The minimum atomic E-state index is -0.928. The summed E-state index contributed by atoms with van der Waals surface area (Å²) in [7, 11) is 0. The molecule has 1 amide bonds. The van der Waals surface area contributed by atoms with E-state index in [1.807, 2.05) is 55.1 Å². The van der Waals surface area contributed by atoms with Crippen molar-refractivity contribution in [2.75, 3.05) is 0 Å². The lowest BCUT2D eigenvalue weighted by Gasteiger charge is -2.33. The molecule has 0 aliphatic heterocycles. The second-order valence-electron chi connectivity index (χ2n) is 6.24. The lowest BCUT2D eigenvalue weighted by molar-refractivity contribution is -0.138. The van der Waals surface area contributed by atoms with Gasteiger partial charge in [0.15, 0.2) is 0 Å². The molecule has 2 aromatic rings. The lowest BCUT2D eigenvalue weighted by Crippen LogP contribution is -2.51. The smallest absolute Gasteiger partial charge is 0.305 e. The van der Waals surface area contributed by atoms with E-state index in [4.69, 9.17) is 5.11 Å². The molecular formula is C18H22N2O3. The Morgan fingerprint density at radius 3 is 2.43 bits per heavy atom. The van der Waals surface area contributed by atoms with Crippen LogP contribution in [0.25, 0.3) is 5.69 Å². The monoisotopic (exact) mass is 314 g/mol. The molecule has 0 bridgehead atoms. The maximum absolute atomic E-state index is 12.6. The van der Waals surface area contributed by atoms with Gasteiger partial charge in [-0.15, -0.1) is 0 Å². The molecule has 1 aromatic heterocycles. The molecule has 0 saturated heterocycles. The Balaban J connectivity index is 2.23. The number of aliphatic carboxylic acids is 1. The number of nitrogens with zero attached hydrogens (tertiary/aromatic N) is 1. The van der Waals surface area contributed by atoms with Crippen molar-refractivity contribution < 1.29 is 14.7 Å². The Morgan fingerprint density at radius 1 is 1.22 bits per heavy atom. The molecule has 23 heavy (non-hydrogen) atoms. The molecule has 122 valence electrons. The number of carboxylic acid groups (broad SMARTS) is 1. The molecule has 0 fully saturated rings. The molecule has 2 N–H and O–H groups in total. The third-order valence-electron chi connectivity index (χ3n) is 4.20. The van der Waals surface area contributed by atoms with E-state index in [1.165, 1.54) is 0 Å². The molecule has 1 aromatic carbocycles. The Bertz CT molecular complexity index is 692. The normalized spacial score (nSPS) is 13.6. The highest BCUT2D eigenvalue weighted by atomic mass is 16.4. The third-order valence-corrected chi connectivity index (χ3v) is 4.20. The maximum atomic E-state index is 12.6. The summed E-state index contributed by atoms with van der Waals surface area (Å²) in [5.74, 6) is -1.20. The fraction of sp³-hybridized carbons (Fsp3) is 0.333. The number of aromatic nitrogens is 1. The first kappa shape index (κ1) is 16.8. The molecule has 5 nitrogen and oxygen atoms in total. The largest absolute Gasteiger partial charge is 0.481 e. The Labute approximate surface area is 135 Å². The zero-order chi connectivity index (χ0) is 17.0. The van der Waals surface area contributed by atoms with Gasteiger partial charge in [-0.2, -0.15) is 0 Å². The highest BCUT2D eigenvalue weighted by Crippen LogP contribution is 2.22. The molecular weight excluding hydrogens is 292 g/mol. The van der Waals surface area contributed by atoms with Gasteiger partial charge in [-0.25, -0.2) is 0 Å². The average molecular weight is 314 g/mol. The summed E-state index contributed by atoms with van der Waals surface area (Å²) in [5.41, 5.74) is 0.590. The summed E-state index contributed by atoms with van der Waals surface area (Å²) in [5, 5.41) is 12.0. The zero-order valence-electron chi connectivity index (χ0n) is 13.6. The van der Waals surface area contributed by atoms with Gasteiger partial charge >= 0.3 is 5.97 Å². The minimum absolute atomic E-state index is 0.00446. The van der Waals surface area contributed by atoms with Crippen LogP contribution in [0.15, 0.2) is 48.8 Å². The summed E-state index contributed by atoms with van der Waals surface area (Å²) >= 11 is 0. The third kappa shape index (κ3) is 4.00. The summed E-state index contributed by atoms with van der Waals surface area (Å²) in [6.45, 7) is 5.57. The molecule has 0 aliphatic carbocycles. The van der Waals surface area contributed by atoms with E-state index in [1.54, 1.807) is 19.1 Å². The molecule has 1 heterocycles. The van der Waals surface area contributed by atoms with Crippen molar-refractivity contribution in [1.82, 2.24) is 9.88 Å². The maximum Gasteiger partial charge on any atom is 0.305 e. The van der Waals surface area contributed by atoms with Crippen LogP contribution in [0.2, 0.25) is 0 Å². The van der Waals surface area contributed by atoms with E-state index in [-0.39, 0.29) is 18.2 Å². The van der Waals surface area contributed by atoms with Crippen LogP contribution in [0.5, 0.6) is 0 Å². The van der Waals surface area contributed by atoms with E-state index in [0.717, 1.165) is 5.69 Å². The Hall–Kier alpha value is -2.56. The van der Waals surface area contributed by atoms with Crippen molar-refractivity contribution in [2.24, 2.45) is 5.92 Å². The van der Waals surface area contributed by atoms with Gasteiger partial charge in [0, 0.05) is 23.6 Å². The summed E-state index contributed by atoms with van der Waals surface area (Å²) < 4.78 is 1.91. The Morgan fingerprint density at radius 2 is 1.87 bits per heavy atom. The fourth-order valence-electron chi connectivity index (χ4n) is 2.35. The van der Waals surface area contributed by atoms with Crippen molar-refractivity contribution in [3.05, 3.63) is 54.4 Å². The van der Waals surface area contributed by atoms with Crippen LogP contribution in [0, 0.1) is 5.92 Å². The molecule has 1 unspecified atom stereocenters. The summed E-state index contributed by atoms with van der Waals surface area (Å²) in [6.07, 6.45) is 3.69. The molecule has 0 aliphatic rings. The summed E-state index contributed by atoms with van der Waals surface area (Å²) in [4.78, 5) is 23.6. The number of hydrogen-bond donors (Lipinski definition) is 2. The van der Waals surface area contributed by atoms with E-state index >= 15 is 0 Å². The second kappa shape index (κ2) is 6.69. The average Bonchev–Trinajstić information content (AvgIpc) is 3.00. The molecule has 0 saturated carbocycles. The van der Waals surface area contributed by atoms with E-state index in [2.05, 4.69) is 5.32 Å². The number of amides is 1. The van der Waals surface area contributed by atoms with E-state index in [0.29, 0.717) is 5.56 Å².